The minimum atomic E-state index is -0.0712. The molecule has 0 spiro atoms. The summed E-state index contributed by atoms with van der Waals surface area (Å²) in [5.41, 5.74) is 4.78. The van der Waals surface area contributed by atoms with Gasteiger partial charge in [-0.3, -0.25) is 4.79 Å². The third-order valence-electron chi connectivity index (χ3n) is 4.34. The molecule has 3 rings (SSSR count). The maximum absolute atomic E-state index is 12.5. The van der Waals surface area contributed by atoms with E-state index in [4.69, 9.17) is 4.98 Å². The summed E-state index contributed by atoms with van der Waals surface area (Å²) in [6.45, 7) is 5.62. The lowest BCUT2D eigenvalue weighted by atomic mass is 10.0. The molecular formula is C20H23N3O. The molecule has 0 unspecified atom stereocenters. The summed E-state index contributed by atoms with van der Waals surface area (Å²) in [4.78, 5) is 19.3. The van der Waals surface area contributed by atoms with Gasteiger partial charge < -0.3 is 10.2 Å². The van der Waals surface area contributed by atoms with Gasteiger partial charge in [-0.05, 0) is 63.3 Å². The monoisotopic (exact) mass is 321 g/mol. The second-order valence-electron chi connectivity index (χ2n) is 6.55. The van der Waals surface area contributed by atoms with E-state index in [9.17, 15) is 4.79 Å². The maximum atomic E-state index is 12.5. The van der Waals surface area contributed by atoms with E-state index >= 15 is 0 Å². The quantitative estimate of drug-likeness (QED) is 0.750. The first-order valence-electron chi connectivity index (χ1n) is 8.19. The van der Waals surface area contributed by atoms with E-state index in [1.54, 1.807) is 0 Å². The van der Waals surface area contributed by atoms with Crippen molar-refractivity contribution in [1.29, 1.82) is 0 Å². The lowest BCUT2D eigenvalue weighted by Gasteiger charge is -2.12. The SMILES string of the molecule is Cc1cc2cc3cccc(C(=O)NCCN(C)C)c3nc2cc1C. The highest BCUT2D eigenvalue weighted by Gasteiger charge is 2.12. The number of likely N-dealkylation sites (N-methyl/N-ethyl adjacent to an activating group) is 1. The van der Waals surface area contributed by atoms with Gasteiger partial charge in [0.25, 0.3) is 5.91 Å². The second kappa shape index (κ2) is 6.57. The number of hydrogen-bond acceptors (Lipinski definition) is 3. The van der Waals surface area contributed by atoms with Crippen LogP contribution >= 0.6 is 0 Å². The molecule has 0 saturated carbocycles. The van der Waals surface area contributed by atoms with Crippen molar-refractivity contribution in [2.24, 2.45) is 0 Å². The molecule has 0 bridgehead atoms. The normalized spacial score (nSPS) is 11.4. The lowest BCUT2D eigenvalue weighted by molar-refractivity contribution is 0.0952. The molecule has 2 aromatic carbocycles. The Morgan fingerprint density at radius 1 is 1.08 bits per heavy atom. The largest absolute Gasteiger partial charge is 0.351 e. The van der Waals surface area contributed by atoms with Gasteiger partial charge in [-0.1, -0.05) is 12.1 Å². The van der Waals surface area contributed by atoms with Gasteiger partial charge in [0.2, 0.25) is 0 Å². The van der Waals surface area contributed by atoms with Gasteiger partial charge in [-0.25, -0.2) is 4.98 Å². The fourth-order valence-electron chi connectivity index (χ4n) is 2.80. The van der Waals surface area contributed by atoms with Crippen LogP contribution in [0.4, 0.5) is 0 Å². The number of benzene rings is 2. The second-order valence-corrected chi connectivity index (χ2v) is 6.55. The number of pyridine rings is 1. The molecule has 0 aliphatic rings. The first kappa shape index (κ1) is 16.4. The van der Waals surface area contributed by atoms with Crippen LogP contribution in [-0.2, 0) is 0 Å². The maximum Gasteiger partial charge on any atom is 0.253 e. The predicted octanol–water partition coefficient (Wildman–Crippen LogP) is 3.30. The van der Waals surface area contributed by atoms with Gasteiger partial charge in [0.15, 0.2) is 0 Å². The van der Waals surface area contributed by atoms with Crippen molar-refractivity contribution in [2.45, 2.75) is 13.8 Å². The molecule has 124 valence electrons. The fourth-order valence-corrected chi connectivity index (χ4v) is 2.80. The first-order chi connectivity index (χ1) is 11.5. The summed E-state index contributed by atoms with van der Waals surface area (Å²) in [5.74, 6) is -0.0712. The Hall–Kier alpha value is -2.46. The highest BCUT2D eigenvalue weighted by Crippen LogP contribution is 2.24. The van der Waals surface area contributed by atoms with Crippen molar-refractivity contribution in [3.05, 3.63) is 53.1 Å². The molecule has 1 heterocycles. The molecular weight excluding hydrogens is 298 g/mol. The Labute approximate surface area is 142 Å². The number of amides is 1. The van der Waals surface area contributed by atoms with Crippen molar-refractivity contribution in [2.75, 3.05) is 27.2 Å². The minimum Gasteiger partial charge on any atom is -0.351 e. The van der Waals surface area contributed by atoms with Crippen LogP contribution in [0.3, 0.4) is 0 Å². The van der Waals surface area contributed by atoms with Gasteiger partial charge in [0.1, 0.15) is 0 Å². The zero-order chi connectivity index (χ0) is 17.3. The van der Waals surface area contributed by atoms with Crippen molar-refractivity contribution in [1.82, 2.24) is 15.2 Å². The summed E-state index contributed by atoms with van der Waals surface area (Å²) < 4.78 is 0. The molecule has 0 aliphatic heterocycles. The van der Waals surface area contributed by atoms with Gasteiger partial charge in [0, 0.05) is 23.9 Å². The zero-order valence-corrected chi connectivity index (χ0v) is 14.7. The summed E-state index contributed by atoms with van der Waals surface area (Å²) in [6.07, 6.45) is 0. The number of rotatable bonds is 4. The molecule has 0 fully saturated rings. The van der Waals surface area contributed by atoms with E-state index in [1.165, 1.54) is 11.1 Å². The third kappa shape index (κ3) is 3.24. The number of para-hydroxylation sites is 1. The van der Waals surface area contributed by atoms with Crippen LogP contribution < -0.4 is 5.32 Å². The third-order valence-corrected chi connectivity index (χ3v) is 4.34. The van der Waals surface area contributed by atoms with Crippen LogP contribution in [0.2, 0.25) is 0 Å². The van der Waals surface area contributed by atoms with E-state index in [0.29, 0.717) is 12.1 Å². The number of nitrogens with zero attached hydrogens (tertiary/aromatic N) is 2. The van der Waals surface area contributed by atoms with Crippen LogP contribution in [0.1, 0.15) is 21.5 Å². The standard InChI is InChI=1S/C20H23N3O/c1-13-10-16-12-15-6-5-7-17(20(24)21-8-9-23(3)4)19(15)22-18(16)11-14(13)2/h5-7,10-12H,8-9H2,1-4H3,(H,21,24). The molecule has 4 heteroatoms. The summed E-state index contributed by atoms with van der Waals surface area (Å²) >= 11 is 0. The van der Waals surface area contributed by atoms with Crippen LogP contribution in [0.5, 0.6) is 0 Å². The number of nitrogens with one attached hydrogen (secondary N) is 1. The van der Waals surface area contributed by atoms with Crippen molar-refractivity contribution in [3.8, 4) is 0 Å². The van der Waals surface area contributed by atoms with Crippen LogP contribution in [-0.4, -0.2) is 43.0 Å². The summed E-state index contributed by atoms with van der Waals surface area (Å²) in [5, 5.41) is 5.07. The van der Waals surface area contributed by atoms with Gasteiger partial charge >= 0.3 is 0 Å². The van der Waals surface area contributed by atoms with Gasteiger partial charge in [-0.15, -0.1) is 0 Å². The summed E-state index contributed by atoms with van der Waals surface area (Å²) in [7, 11) is 3.98. The minimum absolute atomic E-state index is 0.0712. The van der Waals surface area contributed by atoms with Crippen LogP contribution in [0.15, 0.2) is 36.4 Å². The molecule has 4 nitrogen and oxygen atoms in total. The van der Waals surface area contributed by atoms with E-state index in [2.05, 4.69) is 37.4 Å². The number of carbonyl (C=O) groups excluding carboxylic acids is 1. The Morgan fingerprint density at radius 3 is 2.58 bits per heavy atom. The molecule has 1 aromatic heterocycles. The summed E-state index contributed by atoms with van der Waals surface area (Å²) in [6, 6.07) is 12.1. The highest BCUT2D eigenvalue weighted by atomic mass is 16.1. The van der Waals surface area contributed by atoms with Gasteiger partial charge in [-0.2, -0.15) is 0 Å². The zero-order valence-electron chi connectivity index (χ0n) is 14.7. The van der Waals surface area contributed by atoms with E-state index in [-0.39, 0.29) is 5.91 Å². The average Bonchev–Trinajstić information content (AvgIpc) is 2.53. The van der Waals surface area contributed by atoms with E-state index in [1.807, 2.05) is 37.2 Å². The molecule has 0 radical (unpaired) electrons. The molecule has 0 saturated heterocycles. The Kier molecular flexibility index (Phi) is 4.49. The fraction of sp³-hybridized carbons (Fsp3) is 0.300. The average molecular weight is 321 g/mol. The molecule has 1 amide bonds. The molecule has 24 heavy (non-hydrogen) atoms. The number of aryl methyl sites for hydroxylation is 2. The number of hydrogen-bond donors (Lipinski definition) is 1. The van der Waals surface area contributed by atoms with Crippen molar-refractivity contribution >= 4 is 27.7 Å². The van der Waals surface area contributed by atoms with Crippen LogP contribution in [0.25, 0.3) is 21.8 Å². The van der Waals surface area contributed by atoms with E-state index in [0.717, 1.165) is 28.4 Å². The number of aromatic nitrogens is 1. The highest BCUT2D eigenvalue weighted by molar-refractivity contribution is 6.07. The Morgan fingerprint density at radius 2 is 1.83 bits per heavy atom. The predicted molar refractivity (Wildman–Crippen MR) is 99.6 cm³/mol. The van der Waals surface area contributed by atoms with E-state index < -0.39 is 0 Å². The lowest BCUT2D eigenvalue weighted by Crippen LogP contribution is -2.31. The molecule has 0 atom stereocenters. The number of fused-ring (bicyclic) bond motifs is 2. The topological polar surface area (TPSA) is 45.2 Å². The first-order valence-corrected chi connectivity index (χ1v) is 8.19. The number of carbonyl (C=O) groups is 1. The van der Waals surface area contributed by atoms with Crippen molar-refractivity contribution in [3.63, 3.8) is 0 Å². The van der Waals surface area contributed by atoms with Crippen LogP contribution in [0, 0.1) is 13.8 Å². The Balaban J connectivity index is 2.04. The molecule has 1 N–H and O–H groups in total. The molecule has 3 aromatic rings. The Bertz CT molecular complexity index is 916. The van der Waals surface area contributed by atoms with Gasteiger partial charge in [0.05, 0.1) is 16.6 Å². The molecule has 0 aliphatic carbocycles. The smallest absolute Gasteiger partial charge is 0.253 e. The van der Waals surface area contributed by atoms with Crippen molar-refractivity contribution < 1.29 is 4.79 Å².